The van der Waals surface area contributed by atoms with Crippen LogP contribution >= 0.6 is 0 Å². The maximum atomic E-state index is 13.8. The first-order valence-electron chi connectivity index (χ1n) is 13.7. The molecular formula is C27H37F3O8S. The summed E-state index contributed by atoms with van der Waals surface area (Å²) in [5, 5.41) is -5.10. The van der Waals surface area contributed by atoms with E-state index in [-0.39, 0.29) is 77.5 Å². The van der Waals surface area contributed by atoms with Crippen LogP contribution in [-0.4, -0.2) is 54.3 Å². The van der Waals surface area contributed by atoms with Gasteiger partial charge in [-0.3, -0.25) is 23.7 Å². The van der Waals surface area contributed by atoms with Crippen molar-refractivity contribution < 1.29 is 50.1 Å². The van der Waals surface area contributed by atoms with Gasteiger partial charge in [-0.15, -0.1) is 0 Å². The monoisotopic (exact) mass is 578 g/mol. The van der Waals surface area contributed by atoms with Crippen LogP contribution in [0.5, 0.6) is 0 Å². The normalized spacial score (nSPS) is 38.4. The highest BCUT2D eigenvalue weighted by Gasteiger charge is 2.66. The van der Waals surface area contributed by atoms with Gasteiger partial charge < -0.3 is 4.74 Å². The first-order chi connectivity index (χ1) is 17.9. The summed E-state index contributed by atoms with van der Waals surface area (Å²) < 4.78 is 74.6. The van der Waals surface area contributed by atoms with E-state index in [1.54, 1.807) is 0 Å². The Hall–Kier alpha value is -1.82. The molecule has 8 nitrogen and oxygen atoms in total. The fourth-order valence-corrected chi connectivity index (χ4v) is 8.82. The largest absolute Gasteiger partial charge is 0.462 e. The summed E-state index contributed by atoms with van der Waals surface area (Å²) in [7, 11) is -6.01. The number of hydrogen-bond donors (Lipinski definition) is 1. The summed E-state index contributed by atoms with van der Waals surface area (Å²) in [5.74, 6) is -1.33. The molecule has 0 bridgehead atoms. The Morgan fingerprint density at radius 3 is 2.44 bits per heavy atom. The minimum absolute atomic E-state index is 0.0202. The van der Waals surface area contributed by atoms with Crippen LogP contribution in [0.3, 0.4) is 0 Å². The van der Waals surface area contributed by atoms with Gasteiger partial charge in [-0.2, -0.15) is 17.2 Å². The van der Waals surface area contributed by atoms with E-state index in [4.69, 9.17) is 4.55 Å². The Morgan fingerprint density at radius 1 is 1.13 bits per heavy atom. The van der Waals surface area contributed by atoms with Crippen molar-refractivity contribution >= 4 is 33.4 Å². The molecule has 4 saturated carbocycles. The van der Waals surface area contributed by atoms with Gasteiger partial charge in [0.25, 0.3) is 0 Å². The molecule has 0 amide bonds. The van der Waals surface area contributed by atoms with E-state index in [0.717, 1.165) is 0 Å². The number of Topliss-reactive ketones (excluding diaryl/α,β-unsaturated/α-hetero) is 3. The van der Waals surface area contributed by atoms with Gasteiger partial charge in [0.2, 0.25) is 6.17 Å². The number of alkyl halides is 3. The molecule has 4 aliphatic carbocycles. The van der Waals surface area contributed by atoms with E-state index in [2.05, 4.69) is 11.7 Å². The van der Waals surface area contributed by atoms with Gasteiger partial charge in [0, 0.05) is 43.4 Å². The van der Waals surface area contributed by atoms with Crippen molar-refractivity contribution in [2.75, 3.05) is 6.61 Å². The minimum atomic E-state index is -6.01. The van der Waals surface area contributed by atoms with Crippen LogP contribution in [0.15, 0.2) is 0 Å². The van der Waals surface area contributed by atoms with Gasteiger partial charge in [-0.25, -0.2) is 4.39 Å². The summed E-state index contributed by atoms with van der Waals surface area (Å²) in [6.45, 7) is 4.40. The molecule has 0 aliphatic heterocycles. The molecule has 0 aromatic carbocycles. The second-order valence-electron chi connectivity index (χ2n) is 12.7. The fourth-order valence-electron chi connectivity index (χ4n) is 8.43. The van der Waals surface area contributed by atoms with Gasteiger partial charge in [0.15, 0.2) is 0 Å². The molecule has 9 atom stereocenters. The molecule has 1 N–H and O–H groups in total. The lowest BCUT2D eigenvalue weighted by atomic mass is 9.44. The molecule has 220 valence electrons. The molecule has 0 aromatic heterocycles. The van der Waals surface area contributed by atoms with E-state index < -0.39 is 39.5 Å². The van der Waals surface area contributed by atoms with Gasteiger partial charge >= 0.3 is 21.3 Å². The fraction of sp³-hybridized carbons (Fsp3) is 0.852. The van der Waals surface area contributed by atoms with Crippen LogP contribution in [0.25, 0.3) is 0 Å². The number of ether oxygens (including phenoxy) is 1. The van der Waals surface area contributed by atoms with Crippen LogP contribution < -0.4 is 0 Å². The lowest BCUT2D eigenvalue weighted by Gasteiger charge is -2.58. The highest BCUT2D eigenvalue weighted by Crippen LogP contribution is 2.66. The zero-order valence-electron chi connectivity index (χ0n) is 22.5. The third-order valence-electron chi connectivity index (χ3n) is 10.8. The number of carbonyl (C=O) groups excluding carboxylic acids is 4. The second kappa shape index (κ2) is 10.2. The van der Waals surface area contributed by atoms with Crippen LogP contribution in [0.2, 0.25) is 0 Å². The molecule has 1 unspecified atom stereocenters. The van der Waals surface area contributed by atoms with Gasteiger partial charge in [-0.1, -0.05) is 20.8 Å². The molecule has 4 aliphatic rings. The van der Waals surface area contributed by atoms with Crippen LogP contribution in [-0.2, 0) is 34.0 Å². The van der Waals surface area contributed by atoms with Gasteiger partial charge in [-0.05, 0) is 60.7 Å². The molecule has 0 spiro atoms. The first kappa shape index (κ1) is 30.1. The maximum Gasteiger partial charge on any atom is 0.403 e. The zero-order chi connectivity index (χ0) is 29.1. The summed E-state index contributed by atoms with van der Waals surface area (Å²) in [6, 6.07) is 0. The highest BCUT2D eigenvalue weighted by atomic mass is 32.2. The maximum absolute atomic E-state index is 13.8. The molecular weight excluding hydrogens is 541 g/mol. The van der Waals surface area contributed by atoms with E-state index in [0.29, 0.717) is 38.5 Å². The Balaban J connectivity index is 1.40. The number of fused-ring (bicyclic) bond motifs is 5. The number of hydrogen-bond acceptors (Lipinski definition) is 7. The lowest BCUT2D eigenvalue weighted by Crippen LogP contribution is -2.60. The number of esters is 1. The molecule has 39 heavy (non-hydrogen) atoms. The van der Waals surface area contributed by atoms with Crippen LogP contribution in [0, 0.1) is 46.3 Å². The lowest BCUT2D eigenvalue weighted by molar-refractivity contribution is -0.166. The third-order valence-corrected chi connectivity index (χ3v) is 11.8. The van der Waals surface area contributed by atoms with E-state index in [1.807, 2.05) is 13.8 Å². The molecule has 4 fully saturated rings. The Morgan fingerprint density at radius 2 is 1.79 bits per heavy atom. The molecule has 4 rings (SSSR count). The van der Waals surface area contributed by atoms with Gasteiger partial charge in [0.1, 0.15) is 24.0 Å². The van der Waals surface area contributed by atoms with Crippen molar-refractivity contribution in [1.82, 2.24) is 0 Å². The van der Waals surface area contributed by atoms with Gasteiger partial charge in [0.05, 0.1) is 0 Å². The molecule has 0 radical (unpaired) electrons. The second-order valence-corrected chi connectivity index (χ2v) is 14.1. The van der Waals surface area contributed by atoms with Crippen molar-refractivity contribution in [1.29, 1.82) is 0 Å². The number of ketones is 3. The molecule has 0 heterocycles. The van der Waals surface area contributed by atoms with E-state index in [1.165, 1.54) is 0 Å². The SMILES string of the molecule is C[C@H](CCC(=O)OCC(F)C(F)(F)S(=O)(=O)O)[C@H]1CC[C@H]2[C@@H]3C(=O)C[C@@H]4CC(=O)CC[C@]4(C)[C@H]3CC(=O)[C@]12C. The van der Waals surface area contributed by atoms with Crippen molar-refractivity contribution in [3.05, 3.63) is 0 Å². The Labute approximate surface area is 226 Å². The quantitative estimate of drug-likeness (QED) is 0.332. The number of rotatable bonds is 8. The molecule has 0 saturated heterocycles. The van der Waals surface area contributed by atoms with Crippen molar-refractivity contribution in [2.45, 2.75) is 90.0 Å². The predicted octanol–water partition coefficient (Wildman–Crippen LogP) is 4.35. The Kier molecular flexibility index (Phi) is 7.90. The summed E-state index contributed by atoms with van der Waals surface area (Å²) in [5.41, 5.74) is -0.979. The van der Waals surface area contributed by atoms with Crippen molar-refractivity contribution in [2.24, 2.45) is 46.3 Å². The van der Waals surface area contributed by atoms with E-state index >= 15 is 0 Å². The average Bonchev–Trinajstić information content (AvgIpc) is 3.20. The molecule has 12 heteroatoms. The minimum Gasteiger partial charge on any atom is -0.462 e. The molecule has 0 aromatic rings. The summed E-state index contributed by atoms with van der Waals surface area (Å²) in [6.07, 6.45) is 0.157. The number of halogens is 3. The van der Waals surface area contributed by atoms with Crippen molar-refractivity contribution in [3.63, 3.8) is 0 Å². The number of carbonyl (C=O) groups is 4. The van der Waals surface area contributed by atoms with Crippen molar-refractivity contribution in [3.8, 4) is 0 Å². The zero-order valence-corrected chi connectivity index (χ0v) is 23.3. The Bertz CT molecular complexity index is 1160. The highest BCUT2D eigenvalue weighted by molar-refractivity contribution is 7.86. The van der Waals surface area contributed by atoms with Crippen LogP contribution in [0.4, 0.5) is 13.2 Å². The topological polar surface area (TPSA) is 132 Å². The summed E-state index contributed by atoms with van der Waals surface area (Å²) in [4.78, 5) is 51.5. The van der Waals surface area contributed by atoms with E-state index in [9.17, 15) is 40.8 Å². The predicted molar refractivity (Wildman–Crippen MR) is 132 cm³/mol. The first-order valence-corrected chi connectivity index (χ1v) is 15.1. The summed E-state index contributed by atoms with van der Waals surface area (Å²) >= 11 is 0. The standard InChI is InChI=1S/C27H37F3O8S/c1-14(4-7-23(34)38-13-21(28)27(29,30)39(35,36)37)17-5-6-18-24-19(12-22(33)26(17,18)3)25(2)9-8-16(31)10-15(25)11-20(24)32/h14-15,17-19,21,24H,4-13H2,1-3H3,(H,35,36,37)/t14-,15+,17-,18+,19+,21?,24+,25+,26-/m1/s1. The average molecular weight is 579 g/mol. The third kappa shape index (κ3) is 4.97. The smallest absolute Gasteiger partial charge is 0.403 e. The van der Waals surface area contributed by atoms with Crippen LogP contribution in [0.1, 0.15) is 78.6 Å².